The van der Waals surface area contributed by atoms with Crippen LogP contribution < -0.4 is 5.73 Å². The molecule has 0 bridgehead atoms. The highest BCUT2D eigenvalue weighted by Gasteiger charge is 1.94. The summed E-state index contributed by atoms with van der Waals surface area (Å²) in [5.74, 6) is 0.593. The van der Waals surface area contributed by atoms with Crippen molar-refractivity contribution in [3.8, 4) is 0 Å². The Morgan fingerprint density at radius 1 is 1.90 bits per heavy atom. The van der Waals surface area contributed by atoms with Crippen molar-refractivity contribution in [3.05, 3.63) is 34.0 Å². The van der Waals surface area contributed by atoms with Crippen molar-refractivity contribution in [2.75, 3.05) is 5.75 Å². The molecular formula is C5H8N2O2S. The van der Waals surface area contributed by atoms with Crippen LogP contribution in [0.2, 0.25) is 0 Å². The molecule has 0 aliphatic rings. The van der Waals surface area contributed by atoms with Gasteiger partial charge in [0.2, 0.25) is 0 Å². The van der Waals surface area contributed by atoms with Gasteiger partial charge in [-0.25, -0.2) is 0 Å². The summed E-state index contributed by atoms with van der Waals surface area (Å²) in [6.45, 7) is 3.44. The molecule has 0 aromatic heterocycles. The number of thioether (sulfide) groups is 1. The normalized spacial score (nSPS) is 11.0. The summed E-state index contributed by atoms with van der Waals surface area (Å²) in [6.07, 6.45) is 2.40. The molecule has 0 unspecified atom stereocenters. The molecule has 0 heterocycles. The molecule has 0 aliphatic heterocycles. The average Bonchev–Trinajstić information content (AvgIpc) is 1.82. The predicted molar refractivity (Wildman–Crippen MR) is 41.9 cm³/mol. The van der Waals surface area contributed by atoms with Gasteiger partial charge in [0.05, 0.1) is 4.92 Å². The summed E-state index contributed by atoms with van der Waals surface area (Å²) < 4.78 is 0. The molecule has 0 fully saturated rings. The van der Waals surface area contributed by atoms with E-state index in [1.165, 1.54) is 11.8 Å². The zero-order valence-electron chi connectivity index (χ0n) is 5.32. The van der Waals surface area contributed by atoms with Gasteiger partial charge in [0.25, 0.3) is 6.20 Å². The van der Waals surface area contributed by atoms with E-state index in [1.54, 1.807) is 6.08 Å². The van der Waals surface area contributed by atoms with Gasteiger partial charge >= 0.3 is 0 Å². The van der Waals surface area contributed by atoms with Crippen molar-refractivity contribution in [1.82, 2.24) is 0 Å². The highest BCUT2D eigenvalue weighted by atomic mass is 32.2. The topological polar surface area (TPSA) is 69.2 Å². The number of rotatable bonds is 4. The van der Waals surface area contributed by atoms with Crippen LogP contribution in [0.4, 0.5) is 0 Å². The van der Waals surface area contributed by atoms with Gasteiger partial charge in [0, 0.05) is 5.75 Å². The molecule has 0 spiro atoms. The second kappa shape index (κ2) is 4.87. The fourth-order valence-corrected chi connectivity index (χ4v) is 0.767. The third-order valence-corrected chi connectivity index (χ3v) is 1.44. The average molecular weight is 160 g/mol. The van der Waals surface area contributed by atoms with E-state index in [1.807, 2.05) is 0 Å². The first-order chi connectivity index (χ1) is 4.66. The Balaban J connectivity index is 3.70. The van der Waals surface area contributed by atoms with Gasteiger partial charge in [0.15, 0.2) is 0 Å². The molecule has 2 N–H and O–H groups in total. The third kappa shape index (κ3) is 5.17. The van der Waals surface area contributed by atoms with Gasteiger partial charge in [-0.2, -0.15) is 0 Å². The Hall–Kier alpha value is -0.970. The lowest BCUT2D eigenvalue weighted by Crippen LogP contribution is -1.96. The molecule has 0 aromatic carbocycles. The molecule has 4 nitrogen and oxygen atoms in total. The van der Waals surface area contributed by atoms with Crippen LogP contribution in [0.1, 0.15) is 0 Å². The van der Waals surface area contributed by atoms with Crippen molar-refractivity contribution in [3.63, 3.8) is 0 Å². The van der Waals surface area contributed by atoms with Gasteiger partial charge in [-0.1, -0.05) is 17.8 Å². The maximum absolute atomic E-state index is 9.78. The molecule has 0 atom stereocenters. The van der Waals surface area contributed by atoms with Gasteiger partial charge < -0.3 is 5.73 Å². The number of nitro groups is 1. The summed E-state index contributed by atoms with van der Waals surface area (Å²) in [5, 5.41) is 9.98. The summed E-state index contributed by atoms with van der Waals surface area (Å²) in [4.78, 5) is 9.20. The number of nitrogens with two attached hydrogens (primary N) is 1. The summed E-state index contributed by atoms with van der Waals surface area (Å²) in [7, 11) is 0. The van der Waals surface area contributed by atoms with Crippen LogP contribution in [0.15, 0.2) is 23.9 Å². The van der Waals surface area contributed by atoms with Crippen LogP contribution in [-0.2, 0) is 0 Å². The zero-order chi connectivity index (χ0) is 7.98. The van der Waals surface area contributed by atoms with Crippen LogP contribution in [-0.4, -0.2) is 10.7 Å². The van der Waals surface area contributed by atoms with Crippen LogP contribution in [0.25, 0.3) is 0 Å². The van der Waals surface area contributed by atoms with Crippen LogP contribution in [0.5, 0.6) is 0 Å². The van der Waals surface area contributed by atoms with E-state index in [0.29, 0.717) is 5.75 Å². The standard InChI is InChI=1S/C5H8N2O2S/c1-2-3-10-5(6)4-7(8)9/h2,4H,1,3,6H2. The Labute approximate surface area is 62.9 Å². The first kappa shape index (κ1) is 9.03. The summed E-state index contributed by atoms with van der Waals surface area (Å²) in [5.41, 5.74) is 5.20. The van der Waals surface area contributed by atoms with E-state index in [4.69, 9.17) is 5.73 Å². The maximum atomic E-state index is 9.78. The molecule has 5 heteroatoms. The molecule has 56 valence electrons. The largest absolute Gasteiger partial charge is 0.388 e. The smallest absolute Gasteiger partial charge is 0.263 e. The predicted octanol–water partition coefficient (Wildman–Crippen LogP) is 0.940. The summed E-state index contributed by atoms with van der Waals surface area (Å²) in [6, 6.07) is 0. The second-order valence-corrected chi connectivity index (χ2v) is 2.51. The van der Waals surface area contributed by atoms with E-state index in [9.17, 15) is 10.1 Å². The van der Waals surface area contributed by atoms with E-state index >= 15 is 0 Å². The van der Waals surface area contributed by atoms with Crippen molar-refractivity contribution in [2.24, 2.45) is 5.73 Å². The molecule has 10 heavy (non-hydrogen) atoms. The van der Waals surface area contributed by atoms with Crippen LogP contribution in [0.3, 0.4) is 0 Å². The molecule has 0 saturated heterocycles. The quantitative estimate of drug-likeness (QED) is 0.377. The number of nitrogens with zero attached hydrogens (tertiary/aromatic N) is 1. The first-order valence-electron chi connectivity index (χ1n) is 2.51. The number of hydrogen-bond acceptors (Lipinski definition) is 4. The maximum Gasteiger partial charge on any atom is 0.263 e. The van der Waals surface area contributed by atoms with Crippen molar-refractivity contribution in [1.29, 1.82) is 0 Å². The Morgan fingerprint density at radius 3 is 2.90 bits per heavy atom. The molecule has 0 saturated carbocycles. The fourth-order valence-electron chi connectivity index (χ4n) is 0.296. The van der Waals surface area contributed by atoms with Gasteiger partial charge in [-0.05, 0) is 0 Å². The lowest BCUT2D eigenvalue weighted by molar-refractivity contribution is -0.402. The Kier molecular flexibility index (Phi) is 4.39. The molecule has 0 aromatic rings. The van der Waals surface area contributed by atoms with Crippen LogP contribution >= 0.6 is 11.8 Å². The van der Waals surface area contributed by atoms with Gasteiger partial charge in [-0.3, -0.25) is 10.1 Å². The Morgan fingerprint density at radius 2 is 2.50 bits per heavy atom. The molecule has 0 aliphatic carbocycles. The van der Waals surface area contributed by atoms with Gasteiger partial charge in [-0.15, -0.1) is 6.58 Å². The Bertz CT molecular complexity index is 167. The molecule has 0 radical (unpaired) electrons. The minimum Gasteiger partial charge on any atom is -0.388 e. The molecular weight excluding hydrogens is 152 g/mol. The minimum atomic E-state index is -0.578. The van der Waals surface area contributed by atoms with Crippen LogP contribution in [0, 0.1) is 10.1 Å². The minimum absolute atomic E-state index is 0.199. The van der Waals surface area contributed by atoms with Gasteiger partial charge in [0.1, 0.15) is 5.03 Å². The lowest BCUT2D eigenvalue weighted by atomic mass is 10.8. The van der Waals surface area contributed by atoms with Crippen molar-refractivity contribution in [2.45, 2.75) is 0 Å². The zero-order valence-corrected chi connectivity index (χ0v) is 6.13. The number of hydrogen-bond donors (Lipinski definition) is 1. The second-order valence-electron chi connectivity index (χ2n) is 1.42. The third-order valence-electron chi connectivity index (χ3n) is 0.601. The lowest BCUT2D eigenvalue weighted by Gasteiger charge is -1.91. The van der Waals surface area contributed by atoms with E-state index in [2.05, 4.69) is 6.58 Å². The fraction of sp³-hybridized carbons (Fsp3) is 0.200. The molecule has 0 amide bonds. The van der Waals surface area contributed by atoms with E-state index < -0.39 is 4.92 Å². The molecule has 0 rings (SSSR count). The highest BCUT2D eigenvalue weighted by Crippen LogP contribution is 2.07. The highest BCUT2D eigenvalue weighted by molar-refractivity contribution is 8.03. The monoisotopic (exact) mass is 160 g/mol. The van der Waals surface area contributed by atoms with E-state index in [-0.39, 0.29) is 5.03 Å². The van der Waals surface area contributed by atoms with Crippen molar-refractivity contribution >= 4 is 11.8 Å². The summed E-state index contributed by atoms with van der Waals surface area (Å²) >= 11 is 1.18. The van der Waals surface area contributed by atoms with Crippen molar-refractivity contribution < 1.29 is 4.92 Å². The van der Waals surface area contributed by atoms with E-state index in [0.717, 1.165) is 6.20 Å². The SMILES string of the molecule is C=CCSC(N)=C[N+](=O)[O-]. The first-order valence-corrected chi connectivity index (χ1v) is 3.50.